The molecule has 0 aromatic rings. The second-order valence-corrected chi connectivity index (χ2v) is 10.0. The zero-order valence-corrected chi connectivity index (χ0v) is 15.3. The number of aliphatic hydroxyl groups is 1. The third kappa shape index (κ3) is 3.63. The first kappa shape index (κ1) is 18.1. The van der Waals surface area contributed by atoms with Gasteiger partial charge in [0.1, 0.15) is 9.84 Å². The molecule has 1 N–H and O–H groups in total. The molecule has 2 atom stereocenters. The van der Waals surface area contributed by atoms with Crippen molar-refractivity contribution in [3.8, 4) is 0 Å². The molecule has 3 aliphatic rings. The van der Waals surface area contributed by atoms with Gasteiger partial charge < -0.3 is 14.7 Å². The van der Waals surface area contributed by atoms with E-state index in [0.717, 1.165) is 12.8 Å². The van der Waals surface area contributed by atoms with Gasteiger partial charge in [-0.2, -0.15) is 0 Å². The lowest BCUT2D eigenvalue weighted by Crippen LogP contribution is -2.57. The van der Waals surface area contributed by atoms with Gasteiger partial charge in [-0.25, -0.2) is 8.42 Å². The maximum atomic E-state index is 12.7. The molecule has 7 heteroatoms. The molecule has 6 nitrogen and oxygen atoms in total. The van der Waals surface area contributed by atoms with Crippen molar-refractivity contribution in [1.29, 1.82) is 0 Å². The average Bonchev–Trinajstić information content (AvgIpc) is 2.57. The standard InChI is InChI=1S/C17H29NO5S/c1-13-12-18(16(19)14-4-10-24(21,22)11-5-14)7-6-17(13,20)15-2-8-23-9-3-15/h13-15,20H,2-12H2,1H3/t13-,17+/m1/s1. The normalized spacial score (nSPS) is 35.8. The van der Waals surface area contributed by atoms with Crippen LogP contribution in [0.1, 0.15) is 39.0 Å². The molecule has 0 aromatic carbocycles. The predicted octanol–water partition coefficient (Wildman–Crippen LogP) is 0.837. The summed E-state index contributed by atoms with van der Waals surface area (Å²) in [6.45, 7) is 4.58. The van der Waals surface area contributed by atoms with Crippen molar-refractivity contribution in [2.24, 2.45) is 17.8 Å². The molecule has 24 heavy (non-hydrogen) atoms. The molecule has 0 aliphatic carbocycles. The number of carbonyl (C=O) groups excluding carboxylic acids is 1. The molecule has 0 aromatic heterocycles. The number of amides is 1. The largest absolute Gasteiger partial charge is 0.389 e. The molecular weight excluding hydrogens is 330 g/mol. The van der Waals surface area contributed by atoms with Gasteiger partial charge in [0.05, 0.1) is 17.1 Å². The van der Waals surface area contributed by atoms with Crippen LogP contribution >= 0.6 is 0 Å². The van der Waals surface area contributed by atoms with Crippen LogP contribution in [0.2, 0.25) is 0 Å². The van der Waals surface area contributed by atoms with Gasteiger partial charge in [-0.15, -0.1) is 0 Å². The van der Waals surface area contributed by atoms with Crippen molar-refractivity contribution in [3.05, 3.63) is 0 Å². The topological polar surface area (TPSA) is 83.9 Å². The summed E-state index contributed by atoms with van der Waals surface area (Å²) in [5.41, 5.74) is -0.712. The van der Waals surface area contributed by atoms with Gasteiger partial charge in [-0.3, -0.25) is 4.79 Å². The molecule has 0 saturated carbocycles. The zero-order valence-electron chi connectivity index (χ0n) is 14.4. The predicted molar refractivity (Wildman–Crippen MR) is 90.2 cm³/mol. The summed E-state index contributed by atoms with van der Waals surface area (Å²) < 4.78 is 28.5. The van der Waals surface area contributed by atoms with Gasteiger partial charge in [-0.05, 0) is 38.0 Å². The first-order valence-corrected chi connectivity index (χ1v) is 10.9. The monoisotopic (exact) mass is 359 g/mol. The number of rotatable bonds is 2. The summed E-state index contributed by atoms with van der Waals surface area (Å²) >= 11 is 0. The van der Waals surface area contributed by atoms with E-state index in [2.05, 4.69) is 0 Å². The maximum Gasteiger partial charge on any atom is 0.225 e. The third-order valence-electron chi connectivity index (χ3n) is 6.27. The van der Waals surface area contributed by atoms with E-state index in [1.54, 1.807) is 0 Å². The summed E-state index contributed by atoms with van der Waals surface area (Å²) in [7, 11) is -2.95. The van der Waals surface area contributed by atoms with Gasteiger partial charge in [0, 0.05) is 38.1 Å². The first-order valence-electron chi connectivity index (χ1n) is 9.11. The van der Waals surface area contributed by atoms with E-state index < -0.39 is 15.4 Å². The van der Waals surface area contributed by atoms with Crippen LogP contribution in [0, 0.1) is 17.8 Å². The SMILES string of the molecule is C[C@@H]1CN(C(=O)C2CCS(=O)(=O)CC2)CC[C@@]1(O)C1CCOCC1. The highest BCUT2D eigenvalue weighted by atomic mass is 32.2. The van der Waals surface area contributed by atoms with E-state index in [1.807, 2.05) is 11.8 Å². The second-order valence-electron chi connectivity index (χ2n) is 7.74. The van der Waals surface area contributed by atoms with Gasteiger partial charge in [0.2, 0.25) is 5.91 Å². The van der Waals surface area contributed by atoms with Crippen LogP contribution in [0.4, 0.5) is 0 Å². The lowest BCUT2D eigenvalue weighted by Gasteiger charge is -2.49. The lowest BCUT2D eigenvalue weighted by atomic mass is 9.70. The second kappa shape index (κ2) is 6.92. The number of hydrogen-bond donors (Lipinski definition) is 1. The average molecular weight is 359 g/mol. The Morgan fingerprint density at radius 2 is 1.79 bits per heavy atom. The van der Waals surface area contributed by atoms with E-state index in [9.17, 15) is 18.3 Å². The Bertz CT molecular complexity index is 558. The van der Waals surface area contributed by atoms with Crippen LogP contribution in [0.25, 0.3) is 0 Å². The Kier molecular flexibility index (Phi) is 5.23. The first-order chi connectivity index (χ1) is 11.3. The molecule has 3 fully saturated rings. The van der Waals surface area contributed by atoms with Crippen LogP contribution in [-0.4, -0.2) is 67.7 Å². The van der Waals surface area contributed by atoms with Gasteiger partial charge in [-0.1, -0.05) is 6.92 Å². The number of piperidine rings is 1. The fourth-order valence-corrected chi connectivity index (χ4v) is 6.03. The van der Waals surface area contributed by atoms with Gasteiger partial charge >= 0.3 is 0 Å². The third-order valence-corrected chi connectivity index (χ3v) is 7.99. The minimum absolute atomic E-state index is 0.0330. The van der Waals surface area contributed by atoms with Crippen molar-refractivity contribution >= 4 is 15.7 Å². The van der Waals surface area contributed by atoms with E-state index in [-0.39, 0.29) is 35.2 Å². The highest BCUT2D eigenvalue weighted by Gasteiger charge is 2.46. The number of carbonyl (C=O) groups is 1. The molecule has 3 aliphatic heterocycles. The highest BCUT2D eigenvalue weighted by molar-refractivity contribution is 7.91. The smallest absolute Gasteiger partial charge is 0.225 e. The Hall–Kier alpha value is -0.660. The van der Waals surface area contributed by atoms with Crippen LogP contribution in [0.15, 0.2) is 0 Å². The number of ether oxygens (including phenoxy) is 1. The van der Waals surface area contributed by atoms with E-state index in [0.29, 0.717) is 45.6 Å². The molecule has 0 bridgehead atoms. The molecule has 3 heterocycles. The van der Waals surface area contributed by atoms with Gasteiger partial charge in [0.15, 0.2) is 0 Å². The number of hydrogen-bond acceptors (Lipinski definition) is 5. The minimum Gasteiger partial charge on any atom is -0.389 e. The van der Waals surface area contributed by atoms with E-state index in [4.69, 9.17) is 4.74 Å². The quantitative estimate of drug-likeness (QED) is 0.790. The molecule has 0 spiro atoms. The fourth-order valence-electron chi connectivity index (χ4n) is 4.54. The fraction of sp³-hybridized carbons (Fsp3) is 0.941. The van der Waals surface area contributed by atoms with Crippen LogP contribution in [0.3, 0.4) is 0 Å². The van der Waals surface area contributed by atoms with Crippen molar-refractivity contribution in [2.45, 2.75) is 44.6 Å². The minimum atomic E-state index is -2.95. The van der Waals surface area contributed by atoms with Crippen molar-refractivity contribution in [2.75, 3.05) is 37.8 Å². The molecule has 138 valence electrons. The molecule has 1 amide bonds. The molecule has 3 saturated heterocycles. The Morgan fingerprint density at radius 1 is 1.17 bits per heavy atom. The van der Waals surface area contributed by atoms with Crippen LogP contribution in [0.5, 0.6) is 0 Å². The Balaban J connectivity index is 1.59. The summed E-state index contributed by atoms with van der Waals surface area (Å²) in [5.74, 6) is 0.433. The van der Waals surface area contributed by atoms with E-state index in [1.165, 1.54) is 0 Å². The number of nitrogens with zero attached hydrogens (tertiary/aromatic N) is 1. The summed E-state index contributed by atoms with van der Waals surface area (Å²) in [6.07, 6.45) is 3.26. The van der Waals surface area contributed by atoms with Crippen molar-refractivity contribution < 1.29 is 23.1 Å². The molecule has 3 rings (SSSR count). The molecule has 0 radical (unpaired) electrons. The highest BCUT2D eigenvalue weighted by Crippen LogP contribution is 2.40. The van der Waals surface area contributed by atoms with Crippen LogP contribution < -0.4 is 0 Å². The number of sulfone groups is 1. The van der Waals surface area contributed by atoms with Gasteiger partial charge in [0.25, 0.3) is 0 Å². The zero-order chi connectivity index (χ0) is 17.4. The van der Waals surface area contributed by atoms with E-state index >= 15 is 0 Å². The van der Waals surface area contributed by atoms with Crippen molar-refractivity contribution in [3.63, 3.8) is 0 Å². The van der Waals surface area contributed by atoms with Crippen LogP contribution in [-0.2, 0) is 19.4 Å². The maximum absolute atomic E-state index is 12.7. The number of likely N-dealkylation sites (tertiary alicyclic amines) is 1. The summed E-state index contributed by atoms with van der Waals surface area (Å²) in [6, 6.07) is 0. The Morgan fingerprint density at radius 3 is 2.38 bits per heavy atom. The summed E-state index contributed by atoms with van der Waals surface area (Å²) in [4.78, 5) is 14.6. The Labute approximate surface area is 144 Å². The lowest BCUT2D eigenvalue weighted by molar-refractivity contribution is -0.154. The van der Waals surface area contributed by atoms with Crippen molar-refractivity contribution in [1.82, 2.24) is 4.90 Å². The summed E-state index contributed by atoms with van der Waals surface area (Å²) in [5, 5.41) is 11.2. The molecule has 0 unspecified atom stereocenters. The molecular formula is C17H29NO5S.